The molecule has 3 aromatic rings. The summed E-state index contributed by atoms with van der Waals surface area (Å²) in [6.07, 6.45) is 3.99. The summed E-state index contributed by atoms with van der Waals surface area (Å²) in [5.74, 6) is 0. The average Bonchev–Trinajstić information content (AvgIpc) is 3.23. The Kier molecular flexibility index (Phi) is 3.90. The van der Waals surface area contributed by atoms with Gasteiger partial charge in [0.15, 0.2) is 0 Å². The minimum absolute atomic E-state index is 0.122. The van der Waals surface area contributed by atoms with E-state index in [2.05, 4.69) is 11.1 Å². The van der Waals surface area contributed by atoms with Crippen molar-refractivity contribution in [1.29, 1.82) is 0 Å². The van der Waals surface area contributed by atoms with E-state index in [9.17, 15) is 8.42 Å². The number of para-hydroxylation sites is 1. The van der Waals surface area contributed by atoms with Crippen molar-refractivity contribution >= 4 is 32.5 Å². The lowest BCUT2D eigenvalue weighted by Gasteiger charge is -2.24. The van der Waals surface area contributed by atoms with Crippen molar-refractivity contribution in [3.8, 4) is 0 Å². The Morgan fingerprint density at radius 3 is 2.52 bits per heavy atom. The van der Waals surface area contributed by atoms with Crippen LogP contribution in [0.4, 0.5) is 0 Å². The lowest BCUT2D eigenvalue weighted by Crippen LogP contribution is -2.34. The molecule has 1 aliphatic carbocycles. The molecule has 1 aliphatic rings. The summed E-state index contributed by atoms with van der Waals surface area (Å²) in [7, 11) is -1.98. The third-order valence-electron chi connectivity index (χ3n) is 5.06. The Hall–Kier alpha value is -1.82. The van der Waals surface area contributed by atoms with E-state index in [1.807, 2.05) is 24.4 Å². The van der Waals surface area contributed by atoms with Crippen LogP contribution in [0.5, 0.6) is 0 Å². The zero-order valence-corrected chi connectivity index (χ0v) is 15.4. The van der Waals surface area contributed by atoms with Gasteiger partial charge in [-0.3, -0.25) is 0 Å². The van der Waals surface area contributed by atoms with Crippen molar-refractivity contribution in [3.63, 3.8) is 0 Å². The highest BCUT2D eigenvalue weighted by atomic mass is 35.5. The van der Waals surface area contributed by atoms with Crippen molar-refractivity contribution in [3.05, 3.63) is 65.3 Å². The number of hydrogen-bond donors (Lipinski definition) is 1. The molecule has 0 bridgehead atoms. The van der Waals surface area contributed by atoms with E-state index < -0.39 is 10.0 Å². The highest BCUT2D eigenvalue weighted by Crippen LogP contribution is 2.51. The first-order valence-electron chi connectivity index (χ1n) is 8.22. The van der Waals surface area contributed by atoms with Gasteiger partial charge < -0.3 is 4.98 Å². The van der Waals surface area contributed by atoms with Gasteiger partial charge in [0.2, 0.25) is 10.0 Å². The fraction of sp³-hybridized carbons (Fsp3) is 0.263. The van der Waals surface area contributed by atoms with E-state index in [4.69, 9.17) is 11.6 Å². The van der Waals surface area contributed by atoms with E-state index in [0.717, 1.165) is 18.4 Å². The molecule has 1 aromatic heterocycles. The smallest absolute Gasteiger partial charge is 0.244 e. The van der Waals surface area contributed by atoms with Crippen LogP contribution in [0, 0.1) is 0 Å². The van der Waals surface area contributed by atoms with Crippen LogP contribution in [-0.4, -0.2) is 31.3 Å². The summed E-state index contributed by atoms with van der Waals surface area (Å²) in [5, 5.41) is 1.43. The number of sulfonamides is 1. The molecule has 0 radical (unpaired) electrons. The van der Waals surface area contributed by atoms with Crippen molar-refractivity contribution in [1.82, 2.24) is 9.29 Å². The highest BCUT2D eigenvalue weighted by molar-refractivity contribution is 7.89. The van der Waals surface area contributed by atoms with Gasteiger partial charge >= 0.3 is 0 Å². The number of halogens is 1. The fourth-order valence-electron chi connectivity index (χ4n) is 3.51. The summed E-state index contributed by atoms with van der Waals surface area (Å²) < 4.78 is 27.3. The second-order valence-corrected chi connectivity index (χ2v) is 9.14. The number of aromatic nitrogens is 1. The third kappa shape index (κ3) is 2.76. The molecule has 2 aromatic carbocycles. The molecule has 0 aliphatic heterocycles. The molecule has 0 amide bonds. The second kappa shape index (κ2) is 5.87. The molecule has 6 heteroatoms. The zero-order chi connectivity index (χ0) is 17.7. The van der Waals surface area contributed by atoms with E-state index in [-0.39, 0.29) is 15.3 Å². The van der Waals surface area contributed by atoms with Crippen LogP contribution in [0.2, 0.25) is 5.02 Å². The maximum atomic E-state index is 12.9. The van der Waals surface area contributed by atoms with Crippen molar-refractivity contribution in [2.75, 3.05) is 13.6 Å². The van der Waals surface area contributed by atoms with Gasteiger partial charge in [0.05, 0.1) is 5.02 Å². The predicted molar refractivity (Wildman–Crippen MR) is 100 cm³/mol. The van der Waals surface area contributed by atoms with Crippen LogP contribution in [0.25, 0.3) is 10.9 Å². The van der Waals surface area contributed by atoms with Crippen molar-refractivity contribution in [2.45, 2.75) is 23.2 Å². The molecule has 4 nitrogen and oxygen atoms in total. The molecule has 0 atom stereocenters. The van der Waals surface area contributed by atoms with Gasteiger partial charge in [0.25, 0.3) is 0 Å². The van der Waals surface area contributed by atoms with Crippen LogP contribution in [-0.2, 0) is 15.4 Å². The number of likely N-dealkylation sites (N-methyl/N-ethyl adjacent to an activating group) is 1. The number of nitrogens with zero attached hydrogens (tertiary/aromatic N) is 1. The lowest BCUT2D eigenvalue weighted by molar-refractivity contribution is 0.428. The first-order valence-corrected chi connectivity index (χ1v) is 10.0. The minimum atomic E-state index is -3.62. The molecule has 0 spiro atoms. The summed E-state index contributed by atoms with van der Waals surface area (Å²) >= 11 is 6.11. The van der Waals surface area contributed by atoms with Crippen molar-refractivity contribution < 1.29 is 8.42 Å². The number of hydrogen-bond acceptors (Lipinski definition) is 2. The molecule has 1 heterocycles. The van der Waals surface area contributed by atoms with Crippen LogP contribution < -0.4 is 0 Å². The van der Waals surface area contributed by atoms with Gasteiger partial charge in [0, 0.05) is 36.1 Å². The Labute approximate surface area is 152 Å². The quantitative estimate of drug-likeness (QED) is 0.728. The second-order valence-electron chi connectivity index (χ2n) is 6.72. The predicted octanol–water partition coefficient (Wildman–Crippen LogP) is 4.17. The number of nitrogens with one attached hydrogen (secondary N) is 1. The lowest BCUT2D eigenvalue weighted by atomic mass is 9.95. The highest BCUT2D eigenvalue weighted by Gasteiger charge is 2.48. The monoisotopic (exact) mass is 374 g/mol. The summed E-state index contributed by atoms with van der Waals surface area (Å²) in [4.78, 5) is 3.46. The van der Waals surface area contributed by atoms with E-state index in [0.29, 0.717) is 6.54 Å². The summed E-state index contributed by atoms with van der Waals surface area (Å²) in [5.41, 5.74) is 2.16. The maximum absolute atomic E-state index is 12.9. The van der Waals surface area contributed by atoms with Gasteiger partial charge in [-0.25, -0.2) is 8.42 Å². The molecule has 4 rings (SSSR count). The zero-order valence-electron chi connectivity index (χ0n) is 13.9. The number of fused-ring (bicyclic) bond motifs is 1. The van der Waals surface area contributed by atoms with Crippen molar-refractivity contribution in [2.24, 2.45) is 0 Å². The topological polar surface area (TPSA) is 53.2 Å². The van der Waals surface area contributed by atoms with Crippen LogP contribution in [0.1, 0.15) is 18.4 Å². The first kappa shape index (κ1) is 16.6. The maximum Gasteiger partial charge on any atom is 0.244 e. The molecule has 0 unspecified atom stereocenters. The number of H-pyrrole nitrogens is 1. The summed E-state index contributed by atoms with van der Waals surface area (Å²) in [6.45, 7) is 0.447. The number of benzene rings is 2. The largest absolute Gasteiger partial charge is 0.361 e. The number of rotatable bonds is 5. The van der Waals surface area contributed by atoms with Gasteiger partial charge in [-0.15, -0.1) is 0 Å². The SMILES string of the molecule is CN(CC1(c2c[nH]c3ccccc23)CC1)S(=O)(=O)c1ccccc1Cl. The Morgan fingerprint density at radius 2 is 1.80 bits per heavy atom. The Bertz CT molecular complexity index is 1040. The number of aromatic amines is 1. The molecular formula is C19H19ClN2O2S. The van der Waals surface area contributed by atoms with Crippen LogP contribution in [0.15, 0.2) is 59.6 Å². The van der Waals surface area contributed by atoms with E-state index in [1.54, 1.807) is 31.3 Å². The van der Waals surface area contributed by atoms with Crippen LogP contribution >= 0.6 is 11.6 Å². The van der Waals surface area contributed by atoms with Gasteiger partial charge in [-0.2, -0.15) is 4.31 Å². The van der Waals surface area contributed by atoms with E-state index >= 15 is 0 Å². The average molecular weight is 375 g/mol. The third-order valence-corrected chi connectivity index (χ3v) is 7.37. The Balaban J connectivity index is 1.67. The standard InChI is InChI=1S/C19H19ClN2O2S/c1-22(25(23,24)18-9-5-3-7-16(18)20)13-19(10-11-19)15-12-21-17-8-4-2-6-14(15)17/h2-9,12,21H,10-11,13H2,1H3. The molecule has 25 heavy (non-hydrogen) atoms. The van der Waals surface area contributed by atoms with Gasteiger partial charge in [0.1, 0.15) is 4.90 Å². The normalized spacial score (nSPS) is 16.4. The van der Waals surface area contributed by atoms with E-state index in [1.165, 1.54) is 15.3 Å². The first-order chi connectivity index (χ1) is 11.9. The molecule has 1 fully saturated rings. The molecule has 0 saturated heterocycles. The molecule has 130 valence electrons. The minimum Gasteiger partial charge on any atom is -0.361 e. The Morgan fingerprint density at radius 1 is 1.12 bits per heavy atom. The van der Waals surface area contributed by atoms with Gasteiger partial charge in [-0.1, -0.05) is 41.9 Å². The molecular weight excluding hydrogens is 356 g/mol. The van der Waals surface area contributed by atoms with Crippen LogP contribution in [0.3, 0.4) is 0 Å². The molecule has 1 saturated carbocycles. The van der Waals surface area contributed by atoms with Gasteiger partial charge in [-0.05, 0) is 36.6 Å². The summed E-state index contributed by atoms with van der Waals surface area (Å²) in [6, 6.07) is 14.7. The fourth-order valence-corrected chi connectivity index (χ4v) is 5.25. The molecule has 1 N–H and O–H groups in total.